The van der Waals surface area contributed by atoms with E-state index in [0.717, 1.165) is 0 Å². The first-order valence-corrected chi connectivity index (χ1v) is 12.7. The van der Waals surface area contributed by atoms with Crippen molar-refractivity contribution in [1.82, 2.24) is 14.5 Å². The minimum Gasteiger partial charge on any atom is -0.856 e. The van der Waals surface area contributed by atoms with Gasteiger partial charge >= 0.3 is 124 Å². The van der Waals surface area contributed by atoms with Crippen LogP contribution in [0.15, 0.2) is 6.33 Å². The topological polar surface area (TPSA) is 284 Å². The smallest absolute Gasteiger partial charge is 0.856 e. The van der Waals surface area contributed by atoms with E-state index in [-0.39, 0.29) is 142 Å². The normalized spacial score (nSPS) is 22.8. The molecule has 0 aliphatic carbocycles. The molecule has 0 aromatic carbocycles. The van der Waals surface area contributed by atoms with Crippen LogP contribution in [0.2, 0.25) is 0 Å². The quantitative estimate of drug-likeness (QED) is 0.160. The van der Waals surface area contributed by atoms with Gasteiger partial charge in [-0.25, -0.2) is 13.9 Å². The number of phosphoric acid groups is 3. The fourth-order valence-electron chi connectivity index (χ4n) is 2.92. The molecular formula is C11H14N5Na4O13P3. The van der Waals surface area contributed by atoms with Gasteiger partial charge in [0.2, 0.25) is 0 Å². The summed E-state index contributed by atoms with van der Waals surface area (Å²) in [5.41, 5.74) is 5.64. The summed E-state index contributed by atoms with van der Waals surface area (Å²) in [6.45, 7) is -0.958. The van der Waals surface area contributed by atoms with Gasteiger partial charge in [-0.3, -0.25) is 18.0 Å². The number of anilines is 1. The van der Waals surface area contributed by atoms with Gasteiger partial charge in [-0.2, -0.15) is 0 Å². The zero-order valence-electron chi connectivity index (χ0n) is 19.8. The molecule has 5 atom stereocenters. The van der Waals surface area contributed by atoms with Gasteiger partial charge in [-0.15, -0.1) is 0 Å². The number of aryl methyl sites for hydroxylation is 1. The maximum atomic E-state index is 12.0. The molecule has 2 unspecified atom stereocenters. The second-order valence-corrected chi connectivity index (χ2v) is 10.7. The molecule has 2 aromatic rings. The Morgan fingerprint density at radius 3 is 2.28 bits per heavy atom. The third-order valence-electron chi connectivity index (χ3n) is 4.06. The van der Waals surface area contributed by atoms with E-state index in [1.54, 1.807) is 0 Å². The Kier molecular flexibility index (Phi) is 17.6. The van der Waals surface area contributed by atoms with Crippen molar-refractivity contribution in [3.8, 4) is 5.88 Å². The number of hydrogen-bond donors (Lipinski definition) is 2. The van der Waals surface area contributed by atoms with E-state index in [9.17, 15) is 43.5 Å². The van der Waals surface area contributed by atoms with Gasteiger partial charge in [0.05, 0.1) is 27.6 Å². The molecular weight excluding hydrogens is 595 g/mol. The Morgan fingerprint density at radius 1 is 1.14 bits per heavy atom. The average Bonchev–Trinajstić information content (AvgIpc) is 3.09. The molecule has 25 heteroatoms. The van der Waals surface area contributed by atoms with Crippen LogP contribution >= 0.6 is 23.5 Å². The van der Waals surface area contributed by atoms with Crippen molar-refractivity contribution in [2.45, 2.75) is 24.9 Å². The second kappa shape index (κ2) is 15.6. The van der Waals surface area contributed by atoms with E-state index in [4.69, 9.17) is 10.5 Å². The molecule has 18 nitrogen and oxygen atoms in total. The minimum atomic E-state index is -6.12. The Morgan fingerprint density at radius 2 is 1.72 bits per heavy atom. The van der Waals surface area contributed by atoms with Crippen molar-refractivity contribution in [2.75, 3.05) is 12.3 Å². The van der Waals surface area contributed by atoms with Crippen LogP contribution in [0.5, 0.6) is 5.88 Å². The molecule has 0 bridgehead atoms. The van der Waals surface area contributed by atoms with Crippen molar-refractivity contribution in [1.29, 1.82) is 0 Å². The van der Waals surface area contributed by atoms with Crippen LogP contribution in [0.4, 0.5) is 5.95 Å². The van der Waals surface area contributed by atoms with Crippen molar-refractivity contribution in [3.05, 3.63) is 6.33 Å². The monoisotopic (exact) mass is 609 g/mol. The number of ether oxygens (including phenoxy) is 1. The molecule has 1 aliphatic heterocycles. The van der Waals surface area contributed by atoms with Crippen molar-refractivity contribution in [2.24, 2.45) is 7.05 Å². The zero-order chi connectivity index (χ0) is 24.1. The molecule has 36 heavy (non-hydrogen) atoms. The van der Waals surface area contributed by atoms with E-state index < -0.39 is 54.4 Å². The van der Waals surface area contributed by atoms with Crippen LogP contribution in [0.1, 0.15) is 12.6 Å². The third-order valence-corrected chi connectivity index (χ3v) is 7.72. The van der Waals surface area contributed by atoms with Gasteiger partial charge in [0.15, 0.2) is 18.1 Å². The first-order valence-electron chi connectivity index (χ1n) is 8.32. The van der Waals surface area contributed by atoms with E-state index in [2.05, 4.69) is 23.1 Å². The molecule has 3 rings (SSSR count). The number of aliphatic hydroxyl groups is 1. The fourth-order valence-corrected chi connectivity index (χ4v) is 5.79. The maximum absolute atomic E-state index is 12.0. The van der Waals surface area contributed by atoms with Crippen LogP contribution in [-0.4, -0.2) is 38.5 Å². The summed E-state index contributed by atoms with van der Waals surface area (Å²) in [5, 5.41) is 22.2. The van der Waals surface area contributed by atoms with E-state index >= 15 is 0 Å². The minimum absolute atomic E-state index is 0. The second-order valence-electron chi connectivity index (χ2n) is 6.43. The number of nitrogen functional groups attached to an aromatic ring is 1. The van der Waals surface area contributed by atoms with Crippen LogP contribution < -0.4 is 153 Å². The van der Waals surface area contributed by atoms with Crippen LogP contribution in [-0.2, 0) is 38.6 Å². The molecule has 1 fully saturated rings. The Bertz CT molecular complexity index is 1180. The van der Waals surface area contributed by atoms with Crippen molar-refractivity contribution >= 4 is 40.6 Å². The molecule has 2 aromatic heterocycles. The average molecular weight is 609 g/mol. The number of rotatable bonds is 8. The van der Waals surface area contributed by atoms with Crippen LogP contribution in [0.25, 0.3) is 11.2 Å². The molecule has 180 valence electrons. The maximum Gasteiger partial charge on any atom is 1.00 e. The molecule has 1 aliphatic rings. The molecule has 1 saturated heterocycles. The molecule has 0 radical (unpaired) electrons. The standard InChI is InChI=1S/C11H18N5O13P3.4Na/c1-15-4-16(9-8(15)10(18)14-11(12)13-9)7-2-5(17)6(27-7)3-26-31(22,23)29-32(24,25)28-30(19,20)21;;;;/h4-7,17H,2-3H2,1H3,(H6-,12,13,14,18,19,20,21,22,23,24,25);;;;/q;4*+1/p-4/t5-,6+,7+;;;;/m0..../s1. The van der Waals surface area contributed by atoms with Gasteiger partial charge in [-0.05, 0) is 0 Å². The van der Waals surface area contributed by atoms with Crippen molar-refractivity contribution in [3.63, 3.8) is 0 Å². The third kappa shape index (κ3) is 11.0. The van der Waals surface area contributed by atoms with Crippen molar-refractivity contribution < 1.29 is 184 Å². The molecule has 3 heterocycles. The first kappa shape index (κ1) is 40.6. The Labute approximate surface area is 291 Å². The van der Waals surface area contributed by atoms with Gasteiger partial charge in [-0.1, -0.05) is 4.98 Å². The summed E-state index contributed by atoms with van der Waals surface area (Å²) in [6, 6.07) is 0. The molecule has 0 amide bonds. The summed E-state index contributed by atoms with van der Waals surface area (Å²) in [4.78, 5) is 50.9. The van der Waals surface area contributed by atoms with E-state index in [1.807, 2.05) is 0 Å². The van der Waals surface area contributed by atoms with Gasteiger partial charge in [0.25, 0.3) is 21.6 Å². The van der Waals surface area contributed by atoms with Gasteiger partial charge in [0, 0.05) is 12.3 Å². The number of nitrogens with zero attached hydrogens (tertiary/aromatic N) is 4. The summed E-state index contributed by atoms with van der Waals surface area (Å²) in [5.74, 6) is -0.975. The zero-order valence-corrected chi connectivity index (χ0v) is 30.5. The largest absolute Gasteiger partial charge is 1.00 e. The van der Waals surface area contributed by atoms with E-state index in [1.165, 1.54) is 22.5 Å². The van der Waals surface area contributed by atoms with Crippen LogP contribution in [0.3, 0.4) is 0 Å². The number of aromatic nitrogens is 4. The molecule has 0 saturated carbocycles. The fraction of sp³-hybridized carbons (Fsp3) is 0.545. The first-order chi connectivity index (χ1) is 14.6. The number of imidazole rings is 1. The molecule has 3 N–H and O–H groups in total. The summed E-state index contributed by atoms with van der Waals surface area (Å²) in [6.07, 6.45) is -2.36. The Hall–Kier alpha value is 2.48. The Balaban J connectivity index is 0. The number of nitrogens with two attached hydrogens (primary N) is 1. The summed E-state index contributed by atoms with van der Waals surface area (Å²) in [7, 11) is -16.5. The van der Waals surface area contributed by atoms with E-state index in [0.29, 0.717) is 0 Å². The number of hydrogen-bond acceptors (Lipinski definition) is 16. The summed E-state index contributed by atoms with van der Waals surface area (Å²) >= 11 is 0. The van der Waals surface area contributed by atoms with Gasteiger partial charge in [0.1, 0.15) is 6.10 Å². The van der Waals surface area contributed by atoms with Gasteiger partial charge < -0.3 is 49.3 Å². The number of fused-ring (bicyclic) bond motifs is 1. The number of aliphatic hydroxyl groups excluding tert-OH is 1. The molecule has 0 spiro atoms. The number of phosphoric ester groups is 1. The van der Waals surface area contributed by atoms with Crippen LogP contribution in [0, 0.1) is 0 Å². The summed E-state index contributed by atoms with van der Waals surface area (Å²) < 4.78 is 52.1. The SMILES string of the molecule is Cn1c[n+]([C@H]2C[C@H](O)[C@@H](COP(=O)([O-])OP(=O)([O-])OP(=O)([O-])[O-])O2)c2nc(N)nc([O-])c21.[Na+].[Na+].[Na+].[Na+]. The predicted molar refractivity (Wildman–Crippen MR) is 88.0 cm³/mol. The predicted octanol–water partition coefficient (Wildman–Crippen LogP) is -16.6.